The molecule has 0 aromatic carbocycles. The van der Waals surface area contributed by atoms with Crippen LogP contribution in [0.3, 0.4) is 0 Å². The summed E-state index contributed by atoms with van der Waals surface area (Å²) in [7, 11) is 3.86. The Bertz CT molecular complexity index is 650. The molecule has 0 aliphatic carbocycles. The molecule has 1 atom stereocenters. The van der Waals surface area contributed by atoms with Crippen LogP contribution in [0.5, 0.6) is 0 Å². The summed E-state index contributed by atoms with van der Waals surface area (Å²) in [4.78, 5) is 9.63. The van der Waals surface area contributed by atoms with Crippen molar-refractivity contribution >= 4 is 23.6 Å². The number of aromatic nitrogens is 4. The molecule has 0 radical (unpaired) electrons. The van der Waals surface area contributed by atoms with Crippen molar-refractivity contribution in [2.24, 2.45) is 5.10 Å². The second-order valence-corrected chi connectivity index (χ2v) is 4.37. The number of hydrazone groups is 1. The van der Waals surface area contributed by atoms with Crippen LogP contribution in [0.1, 0.15) is 6.92 Å². The molecule has 3 rings (SSSR count). The first-order valence-corrected chi connectivity index (χ1v) is 5.99. The van der Waals surface area contributed by atoms with Crippen molar-refractivity contribution in [2.75, 3.05) is 14.1 Å². The average Bonchev–Trinajstić information content (AvgIpc) is 2.94. The molecule has 0 fully saturated rings. The number of nitrogens with one attached hydrogen (secondary N) is 1. The van der Waals surface area contributed by atoms with Crippen molar-refractivity contribution in [3.63, 3.8) is 0 Å². The fourth-order valence-electron chi connectivity index (χ4n) is 1.44. The van der Waals surface area contributed by atoms with Gasteiger partial charge in [-0.2, -0.15) is 5.10 Å². The van der Waals surface area contributed by atoms with Crippen LogP contribution in [0.25, 0.3) is 5.78 Å². The fraction of sp³-hybridized carbons (Fsp3) is 0.400. The van der Waals surface area contributed by atoms with Gasteiger partial charge in [0, 0.05) is 25.0 Å². The molecule has 0 saturated carbocycles. The molecule has 20 heavy (non-hydrogen) atoms. The molecule has 110 valence electrons. The maximum atomic E-state index is 7.30. The first-order valence-electron chi connectivity index (χ1n) is 5.58. The molecule has 8 nitrogen and oxygen atoms in total. The Labute approximate surface area is 137 Å². The molecular formula is C10H14AuN8S+. The fourth-order valence-corrected chi connectivity index (χ4v) is 1.72. The molecule has 2 aromatic heterocycles. The number of nitrogens with zero attached hydrogens (tertiary/aromatic N) is 7. The second-order valence-electron chi connectivity index (χ2n) is 4.00. The summed E-state index contributed by atoms with van der Waals surface area (Å²) in [5.74, 6) is 0.465. The maximum absolute atomic E-state index is 7.30. The summed E-state index contributed by atoms with van der Waals surface area (Å²) >= 11 is 4.91. The predicted octanol–water partition coefficient (Wildman–Crippen LogP) is -0.809. The van der Waals surface area contributed by atoms with Crippen LogP contribution < -0.4 is 10.5 Å². The van der Waals surface area contributed by atoms with Crippen molar-refractivity contribution < 1.29 is 22.4 Å². The van der Waals surface area contributed by atoms with Gasteiger partial charge in [0.15, 0.2) is 0 Å². The third-order valence-electron chi connectivity index (χ3n) is 2.83. The van der Waals surface area contributed by atoms with Crippen molar-refractivity contribution in [2.45, 2.75) is 13.1 Å². The molecule has 2 aromatic rings. The van der Waals surface area contributed by atoms with Gasteiger partial charge in [-0.25, -0.2) is 5.10 Å². The smallest absolute Gasteiger partial charge is 0.741 e. The van der Waals surface area contributed by atoms with Crippen LogP contribution in [-0.4, -0.2) is 49.9 Å². The Balaban J connectivity index is 0.000000192. The molecule has 10 heteroatoms. The van der Waals surface area contributed by atoms with Gasteiger partial charge in [0.2, 0.25) is 0 Å². The van der Waals surface area contributed by atoms with Gasteiger partial charge < -0.3 is 27.5 Å². The third kappa shape index (κ3) is 3.37. The monoisotopic (exact) mass is 475 g/mol. The van der Waals surface area contributed by atoms with E-state index in [2.05, 4.69) is 27.1 Å². The topological polar surface area (TPSA) is 87.0 Å². The molecule has 3 heterocycles. The van der Waals surface area contributed by atoms with E-state index < -0.39 is 0 Å². The van der Waals surface area contributed by atoms with Crippen LogP contribution in [0.4, 0.5) is 0 Å². The number of fused-ring (bicyclic) bond motifs is 1. The largest absolute Gasteiger partial charge is 3.00 e. The van der Waals surface area contributed by atoms with E-state index in [1.807, 2.05) is 24.0 Å². The summed E-state index contributed by atoms with van der Waals surface area (Å²) in [6.45, 7) is 2.06. The predicted molar refractivity (Wildman–Crippen MR) is 71.9 cm³/mol. The first kappa shape index (κ1) is 16.6. The van der Waals surface area contributed by atoms with Gasteiger partial charge in [-0.05, 0) is 19.2 Å². The van der Waals surface area contributed by atoms with Gasteiger partial charge in [0.25, 0.3) is 0 Å². The summed E-state index contributed by atoms with van der Waals surface area (Å²) < 4.78 is 1.36. The quantitative estimate of drug-likeness (QED) is 0.397. The maximum Gasteiger partial charge on any atom is 3.00 e. The standard InChI is InChI=1S/C5H4N5.C5H11N3S.Au/c6-4-1-2-7-5-8-3-9-10(4)5;1-4-7(2)5(9)6-8(4)3;/h1-3,6H;4H,1-3H3,(H,6,9);/q-1;;+3/p-1. The van der Waals surface area contributed by atoms with Crippen molar-refractivity contribution in [3.8, 4) is 0 Å². The van der Waals surface area contributed by atoms with Gasteiger partial charge in [-0.15, -0.1) is 0 Å². The number of amidine groups is 1. The van der Waals surface area contributed by atoms with E-state index in [9.17, 15) is 0 Å². The molecule has 1 aliphatic heterocycles. The molecule has 0 bridgehead atoms. The molecule has 1 aliphatic rings. The Hall–Kier alpha value is -1.42. The number of rotatable bonds is 0. The van der Waals surface area contributed by atoms with Crippen molar-refractivity contribution in [3.05, 3.63) is 24.1 Å². The minimum Gasteiger partial charge on any atom is -0.741 e. The normalized spacial score (nSPS) is 17.4. The van der Waals surface area contributed by atoms with Gasteiger partial charge in [0.1, 0.15) is 6.17 Å². The Kier molecular flexibility index (Phi) is 5.69. The average molecular weight is 475 g/mol. The van der Waals surface area contributed by atoms with Crippen molar-refractivity contribution in [1.82, 2.24) is 29.5 Å². The van der Waals surface area contributed by atoms with Gasteiger partial charge in [-0.3, -0.25) is 14.9 Å². The SMILES string of the molecule is CC1N(C)N=C([S-])N1C.N=c1cc[n-]c2ncnn12.[Au+3]. The zero-order valence-electron chi connectivity index (χ0n) is 11.1. The first-order chi connectivity index (χ1) is 9.00. The molecule has 0 amide bonds. The van der Waals surface area contributed by atoms with Gasteiger partial charge in [0.05, 0.1) is 11.8 Å². The second kappa shape index (κ2) is 6.84. The van der Waals surface area contributed by atoms with E-state index in [0.717, 1.165) is 0 Å². The molecular weight excluding hydrogens is 461 g/mol. The summed E-state index contributed by atoms with van der Waals surface area (Å²) in [6, 6.07) is 1.56. The Morgan fingerprint density at radius 2 is 2.10 bits per heavy atom. The summed E-state index contributed by atoms with van der Waals surface area (Å²) in [5.41, 5.74) is 0.294. The van der Waals surface area contributed by atoms with Crippen LogP contribution >= 0.6 is 0 Å². The zero-order chi connectivity index (χ0) is 14.0. The molecule has 1 N–H and O–H groups in total. The minimum absolute atomic E-state index is 0. The van der Waals surface area contributed by atoms with Crippen LogP contribution in [-0.2, 0) is 35.0 Å². The van der Waals surface area contributed by atoms with Crippen LogP contribution in [0.15, 0.2) is 23.7 Å². The zero-order valence-corrected chi connectivity index (χ0v) is 14.1. The Morgan fingerprint density at radius 1 is 1.40 bits per heavy atom. The number of hydrogen-bond donors (Lipinski definition) is 1. The van der Waals surface area contributed by atoms with E-state index in [1.165, 1.54) is 17.0 Å². The molecule has 1 unspecified atom stereocenters. The minimum atomic E-state index is 0. The third-order valence-corrected chi connectivity index (χ3v) is 3.20. The summed E-state index contributed by atoms with van der Waals surface area (Å²) in [5, 5.41) is 17.6. The van der Waals surface area contributed by atoms with E-state index in [0.29, 0.717) is 22.6 Å². The van der Waals surface area contributed by atoms with E-state index in [4.69, 9.17) is 18.0 Å². The number of hydrogen-bond acceptors (Lipinski definition) is 7. The van der Waals surface area contributed by atoms with Gasteiger partial charge >= 0.3 is 22.4 Å². The van der Waals surface area contributed by atoms with Crippen LogP contribution in [0, 0.1) is 5.41 Å². The molecule has 0 spiro atoms. The van der Waals surface area contributed by atoms with Crippen LogP contribution in [0.2, 0.25) is 0 Å². The Morgan fingerprint density at radius 3 is 2.55 bits per heavy atom. The van der Waals surface area contributed by atoms with E-state index in [1.54, 1.807) is 6.07 Å². The van der Waals surface area contributed by atoms with E-state index >= 15 is 0 Å². The van der Waals surface area contributed by atoms with Crippen molar-refractivity contribution in [1.29, 1.82) is 5.41 Å². The van der Waals surface area contributed by atoms with E-state index in [-0.39, 0.29) is 22.4 Å². The van der Waals surface area contributed by atoms with Gasteiger partial charge in [-0.1, -0.05) is 0 Å². The summed E-state index contributed by atoms with van der Waals surface area (Å²) in [6.07, 6.45) is 3.23. The molecule has 0 saturated heterocycles.